The second-order valence-electron chi connectivity index (χ2n) is 7.38. The predicted octanol–water partition coefficient (Wildman–Crippen LogP) is 3.60. The van der Waals surface area contributed by atoms with Gasteiger partial charge < -0.3 is 14.2 Å². The van der Waals surface area contributed by atoms with Gasteiger partial charge in [0.05, 0.1) is 30.6 Å². The molecule has 0 saturated carbocycles. The van der Waals surface area contributed by atoms with E-state index in [0.717, 1.165) is 6.26 Å². The lowest BCUT2D eigenvalue weighted by Gasteiger charge is -2.23. The summed E-state index contributed by atoms with van der Waals surface area (Å²) >= 11 is 6.16. The van der Waals surface area contributed by atoms with E-state index >= 15 is 0 Å². The van der Waals surface area contributed by atoms with Gasteiger partial charge in [-0.3, -0.25) is 9.10 Å². The summed E-state index contributed by atoms with van der Waals surface area (Å²) in [6.45, 7) is 0.282. The van der Waals surface area contributed by atoms with Crippen molar-refractivity contribution >= 4 is 33.2 Å². The van der Waals surface area contributed by atoms with Crippen molar-refractivity contribution in [2.75, 3.05) is 31.3 Å². The van der Waals surface area contributed by atoms with Crippen molar-refractivity contribution in [2.24, 2.45) is 0 Å². The van der Waals surface area contributed by atoms with Gasteiger partial charge in [-0.2, -0.15) is 4.98 Å². The molecule has 3 rings (SSSR count). The van der Waals surface area contributed by atoms with Crippen molar-refractivity contribution in [3.8, 4) is 17.1 Å². The first-order chi connectivity index (χ1) is 15.7. The Kier molecular flexibility index (Phi) is 7.93. The molecule has 0 fully saturated rings. The summed E-state index contributed by atoms with van der Waals surface area (Å²) in [5, 5.41) is 4.43. The average Bonchev–Trinajstić information content (AvgIpc) is 3.24. The molecule has 0 N–H and O–H groups in total. The number of hydrogen-bond donors (Lipinski definition) is 0. The van der Waals surface area contributed by atoms with Crippen molar-refractivity contribution in [3.63, 3.8) is 0 Å². The molecule has 9 nitrogen and oxygen atoms in total. The monoisotopic (exact) mass is 492 g/mol. The molecule has 0 aliphatic heterocycles. The van der Waals surface area contributed by atoms with Gasteiger partial charge in [-0.15, -0.1) is 0 Å². The largest absolute Gasteiger partial charge is 0.497 e. The van der Waals surface area contributed by atoms with E-state index in [4.69, 9.17) is 20.9 Å². The molecule has 1 amide bonds. The third-order valence-electron chi connectivity index (χ3n) is 4.87. The molecule has 33 heavy (non-hydrogen) atoms. The number of aromatic nitrogens is 2. The van der Waals surface area contributed by atoms with Crippen LogP contribution in [0.5, 0.6) is 5.75 Å². The van der Waals surface area contributed by atoms with Crippen molar-refractivity contribution in [1.82, 2.24) is 15.0 Å². The number of nitrogens with zero attached hydrogens (tertiary/aromatic N) is 4. The van der Waals surface area contributed by atoms with Crippen LogP contribution in [0.2, 0.25) is 5.02 Å². The lowest BCUT2D eigenvalue weighted by Crippen LogP contribution is -2.32. The number of halogens is 1. The summed E-state index contributed by atoms with van der Waals surface area (Å²) in [7, 11) is -0.392. The minimum absolute atomic E-state index is 0.127. The molecular weight excluding hydrogens is 468 g/mol. The van der Waals surface area contributed by atoms with E-state index in [9.17, 15) is 13.2 Å². The van der Waals surface area contributed by atoms with E-state index in [1.807, 2.05) is 6.07 Å². The molecule has 0 unspecified atom stereocenters. The minimum atomic E-state index is -3.53. The second-order valence-corrected chi connectivity index (χ2v) is 9.70. The topological polar surface area (TPSA) is 106 Å². The quantitative estimate of drug-likeness (QED) is 0.425. The van der Waals surface area contributed by atoms with Crippen molar-refractivity contribution < 1.29 is 22.5 Å². The number of methoxy groups -OCH3 is 1. The highest BCUT2D eigenvalue weighted by molar-refractivity contribution is 7.92. The minimum Gasteiger partial charge on any atom is -0.497 e. The van der Waals surface area contributed by atoms with Gasteiger partial charge in [0.2, 0.25) is 27.6 Å². The van der Waals surface area contributed by atoms with Gasteiger partial charge in [0.15, 0.2) is 0 Å². The highest BCUT2D eigenvalue weighted by Crippen LogP contribution is 2.25. The SMILES string of the molecule is COc1cccc(N(CCCC(=O)N(C)Cc2nc(-c3ccccc3Cl)no2)S(C)(=O)=O)c1. The fourth-order valence-electron chi connectivity index (χ4n) is 3.18. The van der Waals surface area contributed by atoms with Crippen LogP contribution in [0.4, 0.5) is 5.69 Å². The van der Waals surface area contributed by atoms with Gasteiger partial charge in [0.25, 0.3) is 0 Å². The van der Waals surface area contributed by atoms with Gasteiger partial charge in [0.1, 0.15) is 5.75 Å². The number of hydrogen-bond acceptors (Lipinski definition) is 7. The van der Waals surface area contributed by atoms with Crippen LogP contribution < -0.4 is 9.04 Å². The maximum atomic E-state index is 12.6. The van der Waals surface area contributed by atoms with Crippen molar-refractivity contribution in [2.45, 2.75) is 19.4 Å². The molecule has 1 heterocycles. The molecule has 0 spiro atoms. The zero-order valence-corrected chi connectivity index (χ0v) is 20.1. The molecule has 0 aliphatic carbocycles. The van der Waals surface area contributed by atoms with Crippen LogP contribution in [0, 0.1) is 0 Å². The zero-order valence-electron chi connectivity index (χ0n) is 18.6. The van der Waals surface area contributed by atoms with Crippen LogP contribution in [-0.2, 0) is 21.4 Å². The van der Waals surface area contributed by atoms with Crippen LogP contribution in [-0.4, -0.2) is 56.3 Å². The molecule has 0 aliphatic rings. The molecule has 3 aromatic rings. The Morgan fingerprint density at radius 3 is 2.64 bits per heavy atom. The van der Waals surface area contributed by atoms with E-state index in [2.05, 4.69) is 10.1 Å². The maximum absolute atomic E-state index is 12.6. The van der Waals surface area contributed by atoms with E-state index in [1.165, 1.54) is 16.3 Å². The van der Waals surface area contributed by atoms with Crippen LogP contribution in [0.15, 0.2) is 53.1 Å². The molecule has 2 aromatic carbocycles. The molecule has 0 bridgehead atoms. The van der Waals surface area contributed by atoms with Gasteiger partial charge in [0, 0.05) is 31.6 Å². The molecular formula is C22H25ClN4O5S. The molecule has 0 atom stereocenters. The first kappa shape index (κ1) is 24.5. The van der Waals surface area contributed by atoms with E-state index in [-0.39, 0.29) is 31.3 Å². The van der Waals surface area contributed by atoms with Crippen molar-refractivity contribution in [1.29, 1.82) is 0 Å². The molecule has 0 radical (unpaired) electrons. The average molecular weight is 493 g/mol. The van der Waals surface area contributed by atoms with Gasteiger partial charge in [-0.05, 0) is 30.7 Å². The standard InChI is InChI=1S/C22H25ClN4O5S/c1-26(15-20-24-22(25-32-20)18-10-4-5-11-19(18)23)21(28)12-7-13-27(33(3,29)30)16-8-6-9-17(14-16)31-2/h4-6,8-11,14H,7,12-13,15H2,1-3H3. The van der Waals surface area contributed by atoms with Crippen LogP contribution in [0.3, 0.4) is 0 Å². The Labute approximate surface area is 198 Å². The van der Waals surface area contributed by atoms with Gasteiger partial charge in [-0.1, -0.05) is 35.0 Å². The Morgan fingerprint density at radius 1 is 1.18 bits per heavy atom. The number of amides is 1. The summed E-state index contributed by atoms with van der Waals surface area (Å²) in [4.78, 5) is 18.3. The summed E-state index contributed by atoms with van der Waals surface area (Å²) in [6, 6.07) is 13.9. The molecule has 1 aromatic heterocycles. The number of sulfonamides is 1. The second kappa shape index (κ2) is 10.7. The Hall–Kier alpha value is -3.11. The maximum Gasteiger partial charge on any atom is 0.246 e. The normalized spacial score (nSPS) is 11.3. The first-order valence-corrected chi connectivity index (χ1v) is 12.3. The third-order valence-corrected chi connectivity index (χ3v) is 6.40. The van der Waals surface area contributed by atoms with E-state index in [0.29, 0.717) is 34.3 Å². The summed E-state index contributed by atoms with van der Waals surface area (Å²) in [5.74, 6) is 0.993. The smallest absolute Gasteiger partial charge is 0.246 e. The number of rotatable bonds is 10. The summed E-state index contributed by atoms with van der Waals surface area (Å²) in [6.07, 6.45) is 1.62. The number of anilines is 1. The number of ether oxygens (including phenoxy) is 1. The highest BCUT2D eigenvalue weighted by Gasteiger charge is 2.20. The van der Waals surface area contributed by atoms with E-state index < -0.39 is 10.0 Å². The van der Waals surface area contributed by atoms with Crippen molar-refractivity contribution in [3.05, 3.63) is 59.4 Å². The van der Waals surface area contributed by atoms with Gasteiger partial charge >= 0.3 is 0 Å². The fraction of sp³-hybridized carbons (Fsp3) is 0.318. The van der Waals surface area contributed by atoms with Crippen LogP contribution in [0.1, 0.15) is 18.7 Å². The molecule has 11 heteroatoms. The number of carbonyl (C=O) groups excluding carboxylic acids is 1. The molecule has 176 valence electrons. The Balaban J connectivity index is 1.58. The fourth-order valence-corrected chi connectivity index (χ4v) is 4.36. The number of carbonyl (C=O) groups is 1. The summed E-state index contributed by atoms with van der Waals surface area (Å²) < 4.78 is 36.2. The van der Waals surface area contributed by atoms with Gasteiger partial charge in [-0.25, -0.2) is 8.42 Å². The van der Waals surface area contributed by atoms with Crippen LogP contribution in [0.25, 0.3) is 11.4 Å². The molecule has 0 saturated heterocycles. The Morgan fingerprint density at radius 2 is 1.94 bits per heavy atom. The van der Waals surface area contributed by atoms with Crippen LogP contribution >= 0.6 is 11.6 Å². The van der Waals surface area contributed by atoms with E-state index in [1.54, 1.807) is 49.5 Å². The number of benzene rings is 2. The lowest BCUT2D eigenvalue weighted by atomic mass is 10.2. The Bertz CT molecular complexity index is 1210. The lowest BCUT2D eigenvalue weighted by molar-refractivity contribution is -0.130. The summed E-state index contributed by atoms with van der Waals surface area (Å²) in [5.41, 5.74) is 1.12. The first-order valence-electron chi connectivity index (χ1n) is 10.1. The third kappa shape index (κ3) is 6.45. The predicted molar refractivity (Wildman–Crippen MR) is 126 cm³/mol. The zero-order chi connectivity index (χ0) is 24.0. The highest BCUT2D eigenvalue weighted by atomic mass is 35.5.